The van der Waals surface area contributed by atoms with Crippen LogP contribution in [-0.4, -0.2) is 59.2 Å². The number of esters is 1. The fourth-order valence-electron chi connectivity index (χ4n) is 3.16. The van der Waals surface area contributed by atoms with Crippen molar-refractivity contribution in [2.45, 2.75) is 32.5 Å². The largest absolute Gasteiger partial charge is 0.421 e. The van der Waals surface area contributed by atoms with Crippen molar-refractivity contribution >= 4 is 23.6 Å². The molecule has 0 saturated carbocycles. The lowest BCUT2D eigenvalue weighted by atomic mass is 9.90. The number of carbonyl (C=O) groups is 4. The third kappa shape index (κ3) is 2.90. The van der Waals surface area contributed by atoms with Crippen molar-refractivity contribution in [1.29, 1.82) is 0 Å². The number of piperazine rings is 1. The zero-order valence-corrected chi connectivity index (χ0v) is 15.0. The Labute approximate surface area is 146 Å². The van der Waals surface area contributed by atoms with Crippen molar-refractivity contribution in [2.24, 2.45) is 5.92 Å². The van der Waals surface area contributed by atoms with Crippen molar-refractivity contribution < 1.29 is 23.9 Å². The Morgan fingerprint density at radius 3 is 2.16 bits per heavy atom. The highest BCUT2D eigenvalue weighted by molar-refractivity contribution is 6.21. The van der Waals surface area contributed by atoms with E-state index in [9.17, 15) is 19.2 Å². The first-order valence-electron chi connectivity index (χ1n) is 7.99. The standard InChI is InChI=1S/C18H22N2O5/c1-11(2)14-16(23)20(5)18(25-12(3)21,17(24)19(14)4)15(22)13-9-7-6-8-10-13/h6-11,14H,1-5H3/t14-,18?/m0/s1. The fourth-order valence-corrected chi connectivity index (χ4v) is 3.16. The maximum absolute atomic E-state index is 13.1. The smallest absolute Gasteiger partial charge is 0.331 e. The van der Waals surface area contributed by atoms with E-state index in [1.807, 2.05) is 0 Å². The molecule has 0 spiro atoms. The summed E-state index contributed by atoms with van der Waals surface area (Å²) in [6.45, 7) is 4.70. The third-order valence-electron chi connectivity index (χ3n) is 4.35. The van der Waals surface area contributed by atoms with Crippen molar-refractivity contribution in [3.63, 3.8) is 0 Å². The van der Waals surface area contributed by atoms with Crippen molar-refractivity contribution in [3.8, 4) is 0 Å². The second-order valence-corrected chi connectivity index (χ2v) is 6.43. The van der Waals surface area contributed by atoms with E-state index in [0.717, 1.165) is 11.8 Å². The highest BCUT2D eigenvalue weighted by atomic mass is 16.6. The molecule has 1 saturated heterocycles. The Bertz CT molecular complexity index is 715. The predicted octanol–water partition coefficient (Wildman–Crippen LogP) is 1.08. The third-order valence-corrected chi connectivity index (χ3v) is 4.35. The number of hydrogen-bond donors (Lipinski definition) is 0. The van der Waals surface area contributed by atoms with Gasteiger partial charge in [0, 0.05) is 26.6 Å². The second kappa shape index (κ2) is 6.66. The molecule has 2 amide bonds. The van der Waals surface area contributed by atoms with Crippen LogP contribution in [0.3, 0.4) is 0 Å². The van der Waals surface area contributed by atoms with E-state index in [4.69, 9.17) is 4.74 Å². The Balaban J connectivity index is 2.63. The molecule has 25 heavy (non-hydrogen) atoms. The van der Waals surface area contributed by atoms with Gasteiger partial charge in [-0.15, -0.1) is 0 Å². The summed E-state index contributed by atoms with van der Waals surface area (Å²) < 4.78 is 5.21. The van der Waals surface area contributed by atoms with Gasteiger partial charge in [0.05, 0.1) is 0 Å². The minimum Gasteiger partial charge on any atom is -0.421 e. The molecule has 1 fully saturated rings. The van der Waals surface area contributed by atoms with Crippen LogP contribution in [0.15, 0.2) is 30.3 Å². The molecule has 1 aliphatic rings. The van der Waals surface area contributed by atoms with Gasteiger partial charge in [0.1, 0.15) is 6.04 Å². The molecule has 0 radical (unpaired) electrons. The van der Waals surface area contributed by atoms with Gasteiger partial charge in [-0.25, -0.2) is 0 Å². The van der Waals surface area contributed by atoms with Crippen LogP contribution in [0.2, 0.25) is 0 Å². The summed E-state index contributed by atoms with van der Waals surface area (Å²) in [7, 11) is 2.75. The number of Topliss-reactive ketones (excluding diaryl/α,β-unsaturated/α-hetero) is 1. The van der Waals surface area contributed by atoms with Crippen molar-refractivity contribution in [2.75, 3.05) is 14.1 Å². The predicted molar refractivity (Wildman–Crippen MR) is 89.4 cm³/mol. The summed E-state index contributed by atoms with van der Waals surface area (Å²) in [6, 6.07) is 7.26. The fraction of sp³-hybridized carbons (Fsp3) is 0.444. The highest BCUT2D eigenvalue weighted by Gasteiger charge is 2.62. The number of amides is 2. The quantitative estimate of drug-likeness (QED) is 0.463. The molecule has 2 rings (SSSR count). The monoisotopic (exact) mass is 346 g/mol. The zero-order valence-electron chi connectivity index (χ0n) is 15.0. The first kappa shape index (κ1) is 18.6. The molecular weight excluding hydrogens is 324 g/mol. The van der Waals surface area contributed by atoms with Crippen molar-refractivity contribution in [3.05, 3.63) is 35.9 Å². The average molecular weight is 346 g/mol. The topological polar surface area (TPSA) is 84.0 Å². The number of likely N-dealkylation sites (N-methyl/N-ethyl adjacent to an activating group) is 2. The Kier molecular flexibility index (Phi) is 4.97. The molecule has 1 aromatic rings. The lowest BCUT2D eigenvalue weighted by Crippen LogP contribution is -2.74. The van der Waals surface area contributed by atoms with E-state index in [-0.39, 0.29) is 11.5 Å². The Morgan fingerprint density at radius 2 is 1.68 bits per heavy atom. The van der Waals surface area contributed by atoms with E-state index in [1.54, 1.807) is 32.0 Å². The second-order valence-electron chi connectivity index (χ2n) is 6.43. The van der Waals surface area contributed by atoms with Crippen LogP contribution in [0.5, 0.6) is 0 Å². The molecule has 2 atom stereocenters. The summed E-state index contributed by atoms with van der Waals surface area (Å²) >= 11 is 0. The Hall–Kier alpha value is -2.70. The minimum absolute atomic E-state index is 0.161. The molecular formula is C18H22N2O5. The van der Waals surface area contributed by atoms with Gasteiger partial charge in [0.15, 0.2) is 0 Å². The van der Waals surface area contributed by atoms with E-state index in [1.165, 1.54) is 31.1 Å². The van der Waals surface area contributed by atoms with E-state index >= 15 is 0 Å². The van der Waals surface area contributed by atoms with E-state index in [2.05, 4.69) is 0 Å². The summed E-state index contributed by atoms with van der Waals surface area (Å²) in [4.78, 5) is 52.9. The number of rotatable bonds is 4. The van der Waals surface area contributed by atoms with Gasteiger partial charge in [-0.1, -0.05) is 44.2 Å². The molecule has 0 bridgehead atoms. The molecule has 0 N–H and O–H groups in total. The molecule has 0 aromatic heterocycles. The van der Waals surface area contributed by atoms with Gasteiger partial charge < -0.3 is 9.64 Å². The first-order valence-corrected chi connectivity index (χ1v) is 7.99. The van der Waals surface area contributed by atoms with E-state index < -0.39 is 35.3 Å². The van der Waals surface area contributed by atoms with Crippen LogP contribution in [0.1, 0.15) is 31.1 Å². The highest BCUT2D eigenvalue weighted by Crippen LogP contribution is 2.32. The minimum atomic E-state index is -2.33. The SMILES string of the molecule is CC(=O)OC1(C(=O)c2ccccc2)C(=O)N(C)[C@@H](C(C)C)C(=O)N1C. The van der Waals surface area contributed by atoms with Crippen LogP contribution in [0.4, 0.5) is 0 Å². The zero-order chi connectivity index (χ0) is 18.9. The maximum Gasteiger partial charge on any atom is 0.331 e. The molecule has 0 aliphatic carbocycles. The van der Waals surface area contributed by atoms with Gasteiger partial charge in [0.2, 0.25) is 11.7 Å². The molecule has 7 heteroatoms. The average Bonchev–Trinajstić information content (AvgIpc) is 2.56. The summed E-state index contributed by atoms with van der Waals surface area (Å²) in [6.07, 6.45) is 0. The van der Waals surface area contributed by atoms with Crippen LogP contribution >= 0.6 is 0 Å². The van der Waals surface area contributed by atoms with Crippen LogP contribution < -0.4 is 0 Å². The number of nitrogens with zero attached hydrogens (tertiary/aromatic N) is 2. The van der Waals surface area contributed by atoms with Crippen LogP contribution in [0.25, 0.3) is 0 Å². The number of hydrogen-bond acceptors (Lipinski definition) is 5. The number of ether oxygens (including phenoxy) is 1. The number of benzene rings is 1. The normalized spacial score (nSPS) is 23.8. The number of carbonyl (C=O) groups excluding carboxylic acids is 4. The molecule has 1 aromatic carbocycles. The van der Waals surface area contributed by atoms with Gasteiger partial charge in [-0.2, -0.15) is 0 Å². The maximum atomic E-state index is 13.1. The van der Waals surface area contributed by atoms with E-state index in [0.29, 0.717) is 0 Å². The molecule has 1 aliphatic heterocycles. The first-order chi connectivity index (χ1) is 11.6. The van der Waals surface area contributed by atoms with Crippen LogP contribution in [-0.2, 0) is 19.1 Å². The molecule has 1 heterocycles. The summed E-state index contributed by atoms with van der Waals surface area (Å²) in [5, 5.41) is 0. The molecule has 134 valence electrons. The van der Waals surface area contributed by atoms with Gasteiger partial charge in [-0.3, -0.25) is 24.1 Å². The van der Waals surface area contributed by atoms with Crippen LogP contribution in [0, 0.1) is 5.92 Å². The van der Waals surface area contributed by atoms with Gasteiger partial charge in [-0.05, 0) is 5.92 Å². The molecule has 1 unspecified atom stereocenters. The lowest BCUT2D eigenvalue weighted by Gasteiger charge is -2.48. The summed E-state index contributed by atoms with van der Waals surface area (Å²) in [5.41, 5.74) is -2.15. The van der Waals surface area contributed by atoms with Crippen molar-refractivity contribution in [1.82, 2.24) is 9.80 Å². The summed E-state index contributed by atoms with van der Waals surface area (Å²) in [5.74, 6) is -2.93. The lowest BCUT2D eigenvalue weighted by molar-refractivity contribution is -0.199. The number of ketones is 1. The van der Waals surface area contributed by atoms with Gasteiger partial charge >= 0.3 is 11.7 Å². The van der Waals surface area contributed by atoms with Gasteiger partial charge in [0.25, 0.3) is 5.91 Å². The molecule has 7 nitrogen and oxygen atoms in total. The Morgan fingerprint density at radius 1 is 1.12 bits per heavy atom.